The van der Waals surface area contributed by atoms with Crippen molar-refractivity contribution in [1.29, 1.82) is 5.26 Å². The molecule has 84 valence electrons. The average Bonchev–Trinajstić information content (AvgIpc) is 2.82. The molecule has 0 aromatic rings. The molecule has 0 spiro atoms. The summed E-state index contributed by atoms with van der Waals surface area (Å²) in [6.45, 7) is 5.96. The number of rotatable bonds is 2. The lowest BCUT2D eigenvalue weighted by molar-refractivity contribution is 0.0278. The molecule has 1 saturated carbocycles. The lowest BCUT2D eigenvalue weighted by Crippen LogP contribution is -2.37. The predicted octanol–water partition coefficient (Wildman–Crippen LogP) is 2.16. The lowest BCUT2D eigenvalue weighted by Gasteiger charge is -2.25. The van der Waals surface area contributed by atoms with E-state index in [4.69, 9.17) is 10.00 Å². The van der Waals surface area contributed by atoms with Crippen LogP contribution in [0.25, 0.3) is 0 Å². The SMILES string of the molecule is CN(CC1(C#N)CC1)C(=O)OC(C)(C)C. The van der Waals surface area contributed by atoms with Crippen LogP contribution in [0.15, 0.2) is 0 Å². The van der Waals surface area contributed by atoms with Crippen LogP contribution in [0, 0.1) is 16.7 Å². The van der Waals surface area contributed by atoms with Gasteiger partial charge in [-0.05, 0) is 33.6 Å². The molecule has 4 nitrogen and oxygen atoms in total. The average molecular weight is 210 g/mol. The second-order valence-corrected chi connectivity index (χ2v) is 5.23. The van der Waals surface area contributed by atoms with Gasteiger partial charge in [0.05, 0.1) is 11.5 Å². The molecule has 0 unspecified atom stereocenters. The highest BCUT2D eigenvalue weighted by molar-refractivity contribution is 5.68. The van der Waals surface area contributed by atoms with Crippen LogP contribution in [0.3, 0.4) is 0 Å². The zero-order valence-electron chi connectivity index (χ0n) is 9.83. The number of hydrogen-bond acceptors (Lipinski definition) is 3. The lowest BCUT2D eigenvalue weighted by atomic mass is 10.1. The number of carbonyl (C=O) groups excluding carboxylic acids is 1. The van der Waals surface area contributed by atoms with E-state index in [0.29, 0.717) is 6.54 Å². The number of nitriles is 1. The number of hydrogen-bond donors (Lipinski definition) is 0. The van der Waals surface area contributed by atoms with Crippen LogP contribution >= 0.6 is 0 Å². The number of carbonyl (C=O) groups is 1. The molecule has 1 fully saturated rings. The molecule has 4 heteroatoms. The van der Waals surface area contributed by atoms with Crippen molar-refractivity contribution in [3.05, 3.63) is 0 Å². The first-order chi connectivity index (χ1) is 6.78. The van der Waals surface area contributed by atoms with Crippen molar-refractivity contribution in [2.45, 2.75) is 39.2 Å². The molecule has 0 radical (unpaired) electrons. The molecule has 0 aromatic carbocycles. The normalized spacial score (nSPS) is 17.8. The van der Waals surface area contributed by atoms with Crippen LogP contribution < -0.4 is 0 Å². The third kappa shape index (κ3) is 3.43. The van der Waals surface area contributed by atoms with Crippen molar-refractivity contribution in [1.82, 2.24) is 4.90 Å². The maximum absolute atomic E-state index is 11.6. The van der Waals surface area contributed by atoms with Crippen LogP contribution in [0.1, 0.15) is 33.6 Å². The zero-order valence-corrected chi connectivity index (χ0v) is 9.83. The Balaban J connectivity index is 2.44. The minimum Gasteiger partial charge on any atom is -0.444 e. The van der Waals surface area contributed by atoms with Crippen molar-refractivity contribution >= 4 is 6.09 Å². The molecule has 1 aliphatic carbocycles. The van der Waals surface area contributed by atoms with E-state index < -0.39 is 5.60 Å². The van der Waals surface area contributed by atoms with E-state index in [2.05, 4.69) is 6.07 Å². The maximum atomic E-state index is 11.6. The summed E-state index contributed by atoms with van der Waals surface area (Å²) >= 11 is 0. The first-order valence-electron chi connectivity index (χ1n) is 5.13. The highest BCUT2D eigenvalue weighted by Gasteiger charge is 2.45. The molecule has 15 heavy (non-hydrogen) atoms. The van der Waals surface area contributed by atoms with E-state index in [9.17, 15) is 4.79 Å². The summed E-state index contributed by atoms with van der Waals surface area (Å²) in [5.74, 6) is 0. The van der Waals surface area contributed by atoms with Gasteiger partial charge in [0, 0.05) is 13.6 Å². The molecule has 1 aliphatic rings. The summed E-state index contributed by atoms with van der Waals surface area (Å²) in [7, 11) is 1.67. The van der Waals surface area contributed by atoms with Gasteiger partial charge in [0.2, 0.25) is 0 Å². The molecule has 0 saturated heterocycles. The summed E-state index contributed by atoms with van der Waals surface area (Å²) in [5, 5.41) is 8.89. The molecule has 0 N–H and O–H groups in total. The molecule has 0 atom stereocenters. The number of ether oxygens (including phenoxy) is 1. The van der Waals surface area contributed by atoms with Crippen molar-refractivity contribution < 1.29 is 9.53 Å². The first kappa shape index (κ1) is 11.8. The molecule has 0 heterocycles. The van der Waals surface area contributed by atoms with Gasteiger partial charge in [-0.15, -0.1) is 0 Å². The minimum absolute atomic E-state index is 0.300. The van der Waals surface area contributed by atoms with E-state index in [1.165, 1.54) is 4.90 Å². The topological polar surface area (TPSA) is 53.3 Å². The molecule has 1 rings (SSSR count). The smallest absolute Gasteiger partial charge is 0.410 e. The minimum atomic E-state index is -0.477. The van der Waals surface area contributed by atoms with Crippen LogP contribution in [-0.2, 0) is 4.74 Å². The summed E-state index contributed by atoms with van der Waals surface area (Å²) in [6.07, 6.45) is 1.41. The Morgan fingerprint density at radius 1 is 1.53 bits per heavy atom. The third-order valence-electron chi connectivity index (χ3n) is 2.34. The second kappa shape index (κ2) is 3.73. The Labute approximate surface area is 90.8 Å². The van der Waals surface area contributed by atoms with Gasteiger partial charge in [0.1, 0.15) is 5.60 Å². The quantitative estimate of drug-likeness (QED) is 0.701. The van der Waals surface area contributed by atoms with Crippen LogP contribution in [-0.4, -0.2) is 30.2 Å². The summed E-state index contributed by atoms with van der Waals surface area (Å²) in [5.41, 5.74) is -0.777. The van der Waals surface area contributed by atoms with Crippen LogP contribution in [0.4, 0.5) is 4.79 Å². The monoisotopic (exact) mass is 210 g/mol. The maximum Gasteiger partial charge on any atom is 0.410 e. The second-order valence-electron chi connectivity index (χ2n) is 5.23. The number of amides is 1. The standard InChI is InChI=1S/C11H18N2O2/c1-10(2,3)15-9(14)13(4)8-11(7-12)5-6-11/h5-6,8H2,1-4H3. The van der Waals surface area contributed by atoms with E-state index in [1.807, 2.05) is 20.8 Å². The Morgan fingerprint density at radius 2 is 2.07 bits per heavy atom. The van der Waals surface area contributed by atoms with Gasteiger partial charge in [-0.2, -0.15) is 5.26 Å². The van der Waals surface area contributed by atoms with Gasteiger partial charge in [-0.25, -0.2) is 4.79 Å². The largest absolute Gasteiger partial charge is 0.444 e. The molecule has 0 aromatic heterocycles. The zero-order chi connectivity index (χ0) is 11.7. The summed E-state index contributed by atoms with van der Waals surface area (Å²) in [4.78, 5) is 13.1. The Kier molecular flexibility index (Phi) is 2.94. The Bertz CT molecular complexity index is 295. The number of nitrogens with zero attached hydrogens (tertiary/aromatic N) is 2. The highest BCUT2D eigenvalue weighted by Crippen LogP contribution is 2.45. The van der Waals surface area contributed by atoms with E-state index >= 15 is 0 Å². The fourth-order valence-corrected chi connectivity index (χ4v) is 1.31. The van der Waals surface area contributed by atoms with Crippen LogP contribution in [0.2, 0.25) is 0 Å². The molecular formula is C11H18N2O2. The van der Waals surface area contributed by atoms with Crippen molar-refractivity contribution in [2.75, 3.05) is 13.6 Å². The van der Waals surface area contributed by atoms with Gasteiger partial charge in [-0.1, -0.05) is 0 Å². The van der Waals surface area contributed by atoms with Crippen molar-refractivity contribution in [3.63, 3.8) is 0 Å². The van der Waals surface area contributed by atoms with Crippen molar-refractivity contribution in [3.8, 4) is 6.07 Å². The predicted molar refractivity (Wildman–Crippen MR) is 56.1 cm³/mol. The van der Waals surface area contributed by atoms with Crippen LogP contribution in [0.5, 0.6) is 0 Å². The Morgan fingerprint density at radius 3 is 2.40 bits per heavy atom. The highest BCUT2D eigenvalue weighted by atomic mass is 16.6. The molecule has 0 aliphatic heterocycles. The van der Waals surface area contributed by atoms with E-state index in [-0.39, 0.29) is 11.5 Å². The Hall–Kier alpha value is -1.24. The fraction of sp³-hybridized carbons (Fsp3) is 0.818. The van der Waals surface area contributed by atoms with E-state index in [0.717, 1.165) is 12.8 Å². The third-order valence-corrected chi connectivity index (χ3v) is 2.34. The molecule has 0 bridgehead atoms. The van der Waals surface area contributed by atoms with Gasteiger partial charge in [-0.3, -0.25) is 0 Å². The fourth-order valence-electron chi connectivity index (χ4n) is 1.31. The summed E-state index contributed by atoms with van der Waals surface area (Å²) < 4.78 is 5.20. The molecular weight excluding hydrogens is 192 g/mol. The first-order valence-corrected chi connectivity index (χ1v) is 5.13. The van der Waals surface area contributed by atoms with Crippen molar-refractivity contribution in [2.24, 2.45) is 5.41 Å². The van der Waals surface area contributed by atoms with Gasteiger partial charge < -0.3 is 9.64 Å². The van der Waals surface area contributed by atoms with Gasteiger partial charge >= 0.3 is 6.09 Å². The van der Waals surface area contributed by atoms with Gasteiger partial charge in [0.15, 0.2) is 0 Å². The van der Waals surface area contributed by atoms with E-state index in [1.54, 1.807) is 7.05 Å². The molecule has 1 amide bonds. The van der Waals surface area contributed by atoms with Gasteiger partial charge in [0.25, 0.3) is 0 Å². The summed E-state index contributed by atoms with van der Waals surface area (Å²) in [6, 6.07) is 2.25.